The lowest BCUT2D eigenvalue weighted by Crippen LogP contribution is -2.65. The standard InChI is InChI=1S/C19H34N6O6S/c1-3-4-10-32(30,31)25-9-8-24(13-16(26)27)19(29)17(25)15(12-22-20)18(28)23(2)14-6-5-7-21-11-14/h14-15,17,20-21H,3-13H2,1-2H3,(H,26,27)/t14-,15?,17?/m0/s1. The molecule has 0 radical (unpaired) electrons. The quantitative estimate of drug-likeness (QED) is 0.342. The normalized spacial score (nSPS) is 23.6. The number of sulfonamides is 1. The molecule has 182 valence electrons. The predicted molar refractivity (Wildman–Crippen MR) is 116 cm³/mol. The number of carbonyl (C=O) groups is 3. The van der Waals surface area contributed by atoms with E-state index in [1.54, 1.807) is 7.05 Å². The van der Waals surface area contributed by atoms with E-state index in [2.05, 4.69) is 10.4 Å². The molecule has 13 heteroatoms. The molecule has 0 aromatic carbocycles. The second-order valence-electron chi connectivity index (χ2n) is 8.28. The minimum atomic E-state index is -3.87. The Morgan fingerprint density at radius 2 is 2.09 bits per heavy atom. The number of carboxylic acids is 1. The number of unbranched alkanes of at least 4 members (excludes halogenated alkanes) is 1. The molecule has 2 amide bonds. The minimum absolute atomic E-state index is 0.0751. The highest BCUT2D eigenvalue weighted by Crippen LogP contribution is 2.26. The maximum absolute atomic E-state index is 13.4. The third-order valence-corrected chi connectivity index (χ3v) is 7.99. The number of rotatable bonds is 11. The Kier molecular flexibility index (Phi) is 9.52. The molecule has 2 unspecified atom stereocenters. The highest BCUT2D eigenvalue weighted by molar-refractivity contribution is 7.89. The van der Waals surface area contributed by atoms with Crippen LogP contribution in [0.5, 0.6) is 0 Å². The van der Waals surface area contributed by atoms with Gasteiger partial charge in [0, 0.05) is 32.7 Å². The molecule has 2 fully saturated rings. The number of aliphatic carboxylic acids is 1. The summed E-state index contributed by atoms with van der Waals surface area (Å²) in [6.07, 6.45) is 2.68. The van der Waals surface area contributed by atoms with E-state index in [-0.39, 0.29) is 31.4 Å². The molecule has 0 aliphatic carbocycles. The maximum Gasteiger partial charge on any atom is 0.323 e. The summed E-state index contributed by atoms with van der Waals surface area (Å²) < 4.78 is 27.1. The van der Waals surface area contributed by atoms with Crippen molar-refractivity contribution in [3.05, 3.63) is 0 Å². The van der Waals surface area contributed by atoms with Crippen LogP contribution in [-0.2, 0) is 24.4 Å². The van der Waals surface area contributed by atoms with Gasteiger partial charge in [-0.1, -0.05) is 13.3 Å². The van der Waals surface area contributed by atoms with Crippen molar-refractivity contribution in [1.82, 2.24) is 19.4 Å². The Morgan fingerprint density at radius 1 is 1.38 bits per heavy atom. The first kappa shape index (κ1) is 26.1. The SMILES string of the molecule is CCCCS(=O)(=O)N1CCN(CC(=O)O)C(=O)C1C(CN=N)C(=O)N(C)[C@H]1CCCNC1. The van der Waals surface area contributed by atoms with Crippen LogP contribution in [0.2, 0.25) is 0 Å². The van der Waals surface area contributed by atoms with Gasteiger partial charge < -0.3 is 20.2 Å². The lowest BCUT2D eigenvalue weighted by molar-refractivity contribution is -0.153. The third-order valence-electron chi connectivity index (χ3n) is 6.06. The first-order chi connectivity index (χ1) is 15.1. The van der Waals surface area contributed by atoms with Crippen LogP contribution in [0.1, 0.15) is 32.6 Å². The average Bonchev–Trinajstić information content (AvgIpc) is 2.77. The van der Waals surface area contributed by atoms with Crippen molar-refractivity contribution in [1.29, 1.82) is 5.53 Å². The third kappa shape index (κ3) is 6.23. The Morgan fingerprint density at radius 3 is 2.66 bits per heavy atom. The highest BCUT2D eigenvalue weighted by Gasteiger charge is 2.48. The van der Waals surface area contributed by atoms with Crippen LogP contribution in [-0.4, -0.2) is 110 Å². The molecule has 0 aromatic rings. The summed E-state index contributed by atoms with van der Waals surface area (Å²) in [4.78, 5) is 40.5. The zero-order chi connectivity index (χ0) is 23.9. The number of carbonyl (C=O) groups excluding carboxylic acids is 2. The molecule has 2 saturated heterocycles. The lowest BCUT2D eigenvalue weighted by Gasteiger charge is -2.43. The molecule has 0 bridgehead atoms. The summed E-state index contributed by atoms with van der Waals surface area (Å²) in [7, 11) is -2.27. The summed E-state index contributed by atoms with van der Waals surface area (Å²) in [6.45, 7) is 2.15. The van der Waals surface area contributed by atoms with Crippen LogP contribution < -0.4 is 5.32 Å². The molecular weight excluding hydrogens is 440 g/mol. The zero-order valence-electron chi connectivity index (χ0n) is 18.7. The topological polar surface area (TPSA) is 164 Å². The van der Waals surface area contributed by atoms with Crippen LogP contribution in [0.25, 0.3) is 0 Å². The van der Waals surface area contributed by atoms with Gasteiger partial charge in [0.25, 0.3) is 0 Å². The fourth-order valence-electron chi connectivity index (χ4n) is 4.24. The monoisotopic (exact) mass is 474 g/mol. The fourth-order valence-corrected chi connectivity index (χ4v) is 6.08. The van der Waals surface area contributed by atoms with E-state index in [9.17, 15) is 22.8 Å². The fraction of sp³-hybridized carbons (Fsp3) is 0.842. The molecule has 2 heterocycles. The van der Waals surface area contributed by atoms with Gasteiger partial charge in [-0.3, -0.25) is 14.4 Å². The molecule has 3 N–H and O–H groups in total. The Labute approximate surface area is 188 Å². The van der Waals surface area contributed by atoms with E-state index in [1.165, 1.54) is 4.90 Å². The molecule has 0 saturated carbocycles. The molecule has 0 aromatic heterocycles. The lowest BCUT2D eigenvalue weighted by atomic mass is 9.93. The smallest absolute Gasteiger partial charge is 0.323 e. The van der Waals surface area contributed by atoms with Gasteiger partial charge in [0.2, 0.25) is 21.8 Å². The second kappa shape index (κ2) is 11.7. The van der Waals surface area contributed by atoms with E-state index in [0.29, 0.717) is 19.4 Å². The van der Waals surface area contributed by atoms with Crippen LogP contribution in [0.15, 0.2) is 5.11 Å². The van der Waals surface area contributed by atoms with Crippen molar-refractivity contribution in [3.63, 3.8) is 0 Å². The van der Waals surface area contributed by atoms with E-state index < -0.39 is 46.3 Å². The summed E-state index contributed by atoms with van der Waals surface area (Å²) in [5.41, 5.74) is 7.35. The Balaban J connectivity index is 2.41. The first-order valence-electron chi connectivity index (χ1n) is 10.9. The van der Waals surface area contributed by atoms with E-state index in [4.69, 9.17) is 10.6 Å². The number of nitrogens with zero attached hydrogens (tertiary/aromatic N) is 4. The highest BCUT2D eigenvalue weighted by atomic mass is 32.2. The molecule has 3 atom stereocenters. The van der Waals surface area contributed by atoms with E-state index in [1.807, 2.05) is 6.92 Å². The number of nitrogens with one attached hydrogen (secondary N) is 2. The number of hydrogen-bond acceptors (Lipinski definition) is 8. The molecule has 2 rings (SSSR count). The van der Waals surface area contributed by atoms with Crippen molar-refractivity contribution < 1.29 is 27.9 Å². The molecule has 12 nitrogen and oxygen atoms in total. The number of likely N-dealkylation sites (N-methyl/N-ethyl adjacent to an activating group) is 1. The molecule has 0 spiro atoms. The van der Waals surface area contributed by atoms with Gasteiger partial charge in [-0.05, 0) is 25.8 Å². The largest absolute Gasteiger partial charge is 0.480 e. The molecule has 32 heavy (non-hydrogen) atoms. The number of hydrogen-bond donors (Lipinski definition) is 3. The number of carboxylic acid groups (broad SMARTS) is 1. The van der Waals surface area contributed by atoms with Crippen LogP contribution >= 0.6 is 0 Å². The van der Waals surface area contributed by atoms with E-state index in [0.717, 1.165) is 28.6 Å². The van der Waals surface area contributed by atoms with Crippen LogP contribution in [0.4, 0.5) is 0 Å². The summed E-state index contributed by atoms with van der Waals surface area (Å²) in [5, 5.41) is 15.7. The first-order valence-corrected chi connectivity index (χ1v) is 12.6. The van der Waals surface area contributed by atoms with Gasteiger partial charge in [-0.15, -0.1) is 0 Å². The van der Waals surface area contributed by atoms with Gasteiger partial charge in [0.15, 0.2) is 0 Å². The number of piperidine rings is 1. The number of amides is 2. The number of piperazine rings is 1. The summed E-state index contributed by atoms with van der Waals surface area (Å²) in [6, 6.07) is -1.55. The van der Waals surface area contributed by atoms with Gasteiger partial charge in [0.05, 0.1) is 18.2 Å². The molecule has 2 aliphatic heterocycles. The van der Waals surface area contributed by atoms with E-state index >= 15 is 0 Å². The Hall–Kier alpha value is -2.12. The average molecular weight is 475 g/mol. The Bertz CT molecular complexity index is 800. The van der Waals surface area contributed by atoms with Crippen LogP contribution in [0.3, 0.4) is 0 Å². The van der Waals surface area contributed by atoms with Crippen LogP contribution in [0, 0.1) is 11.4 Å². The van der Waals surface area contributed by atoms with Crippen molar-refractivity contribution in [2.75, 3.05) is 52.1 Å². The van der Waals surface area contributed by atoms with Gasteiger partial charge in [-0.2, -0.15) is 9.42 Å². The van der Waals surface area contributed by atoms with Crippen molar-refractivity contribution in [3.8, 4) is 0 Å². The summed E-state index contributed by atoms with van der Waals surface area (Å²) >= 11 is 0. The summed E-state index contributed by atoms with van der Waals surface area (Å²) in [5.74, 6) is -3.82. The zero-order valence-corrected chi connectivity index (χ0v) is 19.5. The predicted octanol–water partition coefficient (Wildman–Crippen LogP) is -0.429. The van der Waals surface area contributed by atoms with Gasteiger partial charge in [-0.25, -0.2) is 13.9 Å². The van der Waals surface area contributed by atoms with Gasteiger partial charge in [0.1, 0.15) is 12.6 Å². The second-order valence-corrected chi connectivity index (χ2v) is 10.3. The molecular formula is C19H34N6O6S. The minimum Gasteiger partial charge on any atom is -0.480 e. The van der Waals surface area contributed by atoms with Gasteiger partial charge >= 0.3 is 5.97 Å². The van der Waals surface area contributed by atoms with Crippen molar-refractivity contribution >= 4 is 27.8 Å². The maximum atomic E-state index is 13.4. The van der Waals surface area contributed by atoms with Crippen molar-refractivity contribution in [2.45, 2.75) is 44.7 Å². The molecule has 2 aliphatic rings. The van der Waals surface area contributed by atoms with Crippen molar-refractivity contribution in [2.24, 2.45) is 11.0 Å².